The normalized spacial score (nSPS) is 11.9. The molecule has 3 aromatic rings. The van der Waals surface area contributed by atoms with Gasteiger partial charge in [-0.15, -0.1) is 11.3 Å². The van der Waals surface area contributed by atoms with Crippen LogP contribution in [-0.2, 0) is 20.7 Å². The summed E-state index contributed by atoms with van der Waals surface area (Å²) in [6.07, 6.45) is -0.0410. The Morgan fingerprint density at radius 3 is 2.69 bits per heavy atom. The van der Waals surface area contributed by atoms with E-state index in [0.29, 0.717) is 17.3 Å². The van der Waals surface area contributed by atoms with Crippen molar-refractivity contribution in [3.05, 3.63) is 63.9 Å². The molecule has 0 bridgehead atoms. The summed E-state index contributed by atoms with van der Waals surface area (Å²) >= 11 is 1.51. The first-order valence-electron chi connectivity index (χ1n) is 9.36. The van der Waals surface area contributed by atoms with Gasteiger partial charge in [0.15, 0.2) is 6.61 Å². The van der Waals surface area contributed by atoms with Gasteiger partial charge in [-0.2, -0.15) is 0 Å². The fourth-order valence-electron chi connectivity index (χ4n) is 2.83. The first-order chi connectivity index (χ1) is 13.8. The summed E-state index contributed by atoms with van der Waals surface area (Å²) in [6.45, 7) is 7.40. The lowest BCUT2D eigenvalue weighted by Gasteiger charge is -2.15. The third-order valence-electron chi connectivity index (χ3n) is 4.71. The second-order valence-electron chi connectivity index (χ2n) is 6.97. The van der Waals surface area contributed by atoms with Crippen LogP contribution in [0.25, 0.3) is 10.8 Å². The van der Waals surface area contributed by atoms with Crippen molar-refractivity contribution in [2.24, 2.45) is 0 Å². The van der Waals surface area contributed by atoms with Gasteiger partial charge in [-0.05, 0) is 55.8 Å². The molecular formula is C22H24N2O4S. The number of aryl methyl sites for hydroxylation is 3. The molecule has 0 aliphatic heterocycles. The average molecular weight is 413 g/mol. The number of amides is 1. The smallest absolute Gasteiger partial charge is 0.312 e. The van der Waals surface area contributed by atoms with Gasteiger partial charge >= 0.3 is 5.97 Å². The van der Waals surface area contributed by atoms with Crippen molar-refractivity contribution in [2.75, 3.05) is 6.61 Å². The van der Waals surface area contributed by atoms with Crippen molar-refractivity contribution in [3.8, 4) is 10.8 Å². The van der Waals surface area contributed by atoms with E-state index < -0.39 is 5.97 Å². The van der Waals surface area contributed by atoms with Crippen molar-refractivity contribution < 1.29 is 18.7 Å². The Hall–Kier alpha value is -2.93. The molecule has 7 heteroatoms. The largest absolute Gasteiger partial charge is 0.455 e. The van der Waals surface area contributed by atoms with Crippen LogP contribution < -0.4 is 5.32 Å². The molecule has 29 heavy (non-hydrogen) atoms. The van der Waals surface area contributed by atoms with Gasteiger partial charge in [0, 0.05) is 0 Å². The van der Waals surface area contributed by atoms with Crippen LogP contribution in [0.15, 0.2) is 40.1 Å². The number of nitrogens with zero attached hydrogens (tertiary/aromatic N) is 1. The number of esters is 1. The van der Waals surface area contributed by atoms with Gasteiger partial charge in [-0.25, -0.2) is 4.98 Å². The minimum atomic E-state index is -0.520. The number of ether oxygens (including phenoxy) is 1. The van der Waals surface area contributed by atoms with Crippen LogP contribution in [0.5, 0.6) is 0 Å². The standard InChI is InChI=1S/C22H24N2O4S/c1-13-7-8-17(10-14(13)2)15(3)23-20(25)12-27-21(26)11-18-16(4)28-22(24-18)19-6-5-9-29-19/h5-10,15H,11-12H2,1-4H3,(H,23,25). The molecule has 0 saturated heterocycles. The maximum Gasteiger partial charge on any atom is 0.312 e. The molecule has 1 aromatic carbocycles. The monoisotopic (exact) mass is 412 g/mol. The third kappa shape index (κ3) is 5.32. The molecular weight excluding hydrogens is 388 g/mol. The summed E-state index contributed by atoms with van der Waals surface area (Å²) in [5.41, 5.74) is 3.89. The average Bonchev–Trinajstić information content (AvgIpc) is 3.32. The van der Waals surface area contributed by atoms with Crippen LogP contribution in [0.3, 0.4) is 0 Å². The minimum Gasteiger partial charge on any atom is -0.455 e. The quantitative estimate of drug-likeness (QED) is 0.586. The van der Waals surface area contributed by atoms with Crippen LogP contribution in [0.2, 0.25) is 0 Å². The van der Waals surface area contributed by atoms with Crippen molar-refractivity contribution in [1.82, 2.24) is 10.3 Å². The molecule has 1 N–H and O–H groups in total. The fourth-order valence-corrected chi connectivity index (χ4v) is 3.48. The highest BCUT2D eigenvalue weighted by molar-refractivity contribution is 7.13. The molecule has 1 atom stereocenters. The van der Waals surface area contributed by atoms with Crippen molar-refractivity contribution in [2.45, 2.75) is 40.2 Å². The Morgan fingerprint density at radius 1 is 1.21 bits per heavy atom. The number of thiophene rings is 1. The highest BCUT2D eigenvalue weighted by Crippen LogP contribution is 2.26. The Kier molecular flexibility index (Phi) is 6.49. The molecule has 0 aliphatic carbocycles. The van der Waals surface area contributed by atoms with E-state index in [9.17, 15) is 9.59 Å². The zero-order chi connectivity index (χ0) is 21.0. The van der Waals surface area contributed by atoms with E-state index in [2.05, 4.69) is 10.3 Å². The summed E-state index contributed by atoms with van der Waals surface area (Å²) < 4.78 is 10.7. The first-order valence-corrected chi connectivity index (χ1v) is 10.2. The molecule has 152 valence electrons. The number of oxazole rings is 1. The van der Waals surface area contributed by atoms with Gasteiger partial charge in [0.25, 0.3) is 5.91 Å². The van der Waals surface area contributed by atoms with Gasteiger partial charge in [0.2, 0.25) is 5.89 Å². The number of carbonyl (C=O) groups is 2. The SMILES string of the molecule is Cc1ccc(C(C)NC(=O)COC(=O)Cc2nc(-c3cccs3)oc2C)cc1C. The zero-order valence-corrected chi connectivity index (χ0v) is 17.8. The van der Waals surface area contributed by atoms with E-state index >= 15 is 0 Å². The fraction of sp³-hybridized carbons (Fsp3) is 0.318. The van der Waals surface area contributed by atoms with Gasteiger partial charge < -0.3 is 14.5 Å². The van der Waals surface area contributed by atoms with Crippen LogP contribution in [0.4, 0.5) is 0 Å². The number of hydrogen-bond acceptors (Lipinski definition) is 6. The lowest BCUT2D eigenvalue weighted by molar-refractivity contribution is -0.148. The van der Waals surface area contributed by atoms with Gasteiger partial charge in [0.05, 0.1) is 23.0 Å². The maximum atomic E-state index is 12.1. The highest BCUT2D eigenvalue weighted by atomic mass is 32.1. The minimum absolute atomic E-state index is 0.0410. The molecule has 2 aromatic heterocycles. The predicted molar refractivity (Wildman–Crippen MR) is 112 cm³/mol. The Labute approximate surface area is 173 Å². The van der Waals surface area contributed by atoms with E-state index in [4.69, 9.17) is 9.15 Å². The van der Waals surface area contributed by atoms with Crippen molar-refractivity contribution in [3.63, 3.8) is 0 Å². The third-order valence-corrected chi connectivity index (χ3v) is 5.57. The topological polar surface area (TPSA) is 81.4 Å². The molecule has 0 fully saturated rings. The number of carbonyl (C=O) groups excluding carboxylic acids is 2. The molecule has 3 rings (SSSR count). The molecule has 1 unspecified atom stereocenters. The van der Waals surface area contributed by atoms with E-state index in [1.165, 1.54) is 22.5 Å². The van der Waals surface area contributed by atoms with Gasteiger partial charge in [-0.3, -0.25) is 9.59 Å². The van der Waals surface area contributed by atoms with Crippen LogP contribution in [0, 0.1) is 20.8 Å². The first kappa shape index (κ1) is 20.8. The molecule has 0 aliphatic rings. The highest BCUT2D eigenvalue weighted by Gasteiger charge is 2.17. The number of rotatable bonds is 7. The number of nitrogens with one attached hydrogen (secondary N) is 1. The lowest BCUT2D eigenvalue weighted by atomic mass is 10.0. The van der Waals surface area contributed by atoms with Crippen LogP contribution in [-0.4, -0.2) is 23.5 Å². The summed E-state index contributed by atoms with van der Waals surface area (Å²) in [5, 5.41) is 4.78. The summed E-state index contributed by atoms with van der Waals surface area (Å²) in [6, 6.07) is 9.69. The summed E-state index contributed by atoms with van der Waals surface area (Å²) in [7, 11) is 0. The Balaban J connectivity index is 1.50. The van der Waals surface area contributed by atoms with Crippen molar-refractivity contribution >= 4 is 23.2 Å². The number of aromatic nitrogens is 1. The molecule has 0 saturated carbocycles. The van der Waals surface area contributed by atoms with Crippen LogP contribution >= 0.6 is 11.3 Å². The number of benzene rings is 1. The second-order valence-corrected chi connectivity index (χ2v) is 7.92. The Bertz CT molecular complexity index is 1010. The predicted octanol–water partition coefficient (Wildman–Crippen LogP) is 4.29. The van der Waals surface area contributed by atoms with Crippen molar-refractivity contribution in [1.29, 1.82) is 0 Å². The Morgan fingerprint density at radius 2 is 2.00 bits per heavy atom. The molecule has 0 spiro atoms. The summed E-state index contributed by atoms with van der Waals surface area (Å²) in [5.74, 6) is 0.187. The molecule has 6 nitrogen and oxygen atoms in total. The van der Waals surface area contributed by atoms with E-state index in [-0.39, 0.29) is 25.0 Å². The van der Waals surface area contributed by atoms with Gasteiger partial charge in [-0.1, -0.05) is 24.3 Å². The lowest BCUT2D eigenvalue weighted by Crippen LogP contribution is -2.31. The second kappa shape index (κ2) is 9.05. The van der Waals surface area contributed by atoms with Gasteiger partial charge in [0.1, 0.15) is 5.76 Å². The van der Waals surface area contributed by atoms with E-state index in [1.54, 1.807) is 6.92 Å². The zero-order valence-electron chi connectivity index (χ0n) is 16.9. The molecule has 2 heterocycles. The van der Waals surface area contributed by atoms with Crippen LogP contribution in [0.1, 0.15) is 41.1 Å². The number of hydrogen-bond donors (Lipinski definition) is 1. The molecule has 0 radical (unpaired) electrons. The molecule has 1 amide bonds. The summed E-state index contributed by atoms with van der Waals surface area (Å²) in [4.78, 5) is 29.5. The van der Waals surface area contributed by atoms with E-state index in [0.717, 1.165) is 10.4 Å². The maximum absolute atomic E-state index is 12.1. The van der Waals surface area contributed by atoms with E-state index in [1.807, 2.05) is 56.5 Å².